The fourth-order valence-corrected chi connectivity index (χ4v) is 5.26. The van der Waals surface area contributed by atoms with E-state index in [1.54, 1.807) is 22.7 Å². The second-order valence-corrected chi connectivity index (χ2v) is 9.82. The fourth-order valence-electron chi connectivity index (χ4n) is 3.55. The molecule has 5 aromatic rings. The Labute approximate surface area is 195 Å². The summed E-state index contributed by atoms with van der Waals surface area (Å²) in [7, 11) is 0. The van der Waals surface area contributed by atoms with Crippen LogP contribution in [0.4, 0.5) is 21.6 Å². The molecule has 0 fully saturated rings. The number of aryl methyl sites for hydroxylation is 2. The van der Waals surface area contributed by atoms with Crippen molar-refractivity contribution < 1.29 is 0 Å². The molecule has 0 amide bonds. The summed E-state index contributed by atoms with van der Waals surface area (Å²) in [5.41, 5.74) is 6.30. The molecule has 0 aliphatic rings. The highest BCUT2D eigenvalue weighted by molar-refractivity contribution is 7.16. The summed E-state index contributed by atoms with van der Waals surface area (Å²) in [6.07, 6.45) is 0. The van der Waals surface area contributed by atoms with Gasteiger partial charge in [0.15, 0.2) is 10.3 Å². The Morgan fingerprint density at radius 3 is 1.44 bits per heavy atom. The maximum atomic E-state index is 4.81. The topological polar surface area (TPSA) is 49.8 Å². The van der Waals surface area contributed by atoms with Gasteiger partial charge in [0.25, 0.3) is 0 Å². The smallest absolute Gasteiger partial charge is 0.187 e. The average molecular weight is 455 g/mol. The summed E-state index contributed by atoms with van der Waals surface area (Å²) >= 11 is 3.33. The summed E-state index contributed by atoms with van der Waals surface area (Å²) in [6, 6.07) is 28.8. The normalized spacial score (nSPS) is 10.8. The first-order chi connectivity index (χ1) is 15.7. The van der Waals surface area contributed by atoms with Crippen molar-refractivity contribution in [3.63, 3.8) is 0 Å². The Morgan fingerprint density at radius 2 is 1.00 bits per heavy atom. The van der Waals surface area contributed by atoms with Gasteiger partial charge in [0.2, 0.25) is 0 Å². The third kappa shape index (κ3) is 4.42. The number of thiazole rings is 2. The first-order valence-electron chi connectivity index (χ1n) is 10.4. The van der Waals surface area contributed by atoms with Crippen molar-refractivity contribution in [2.45, 2.75) is 13.8 Å². The molecule has 0 aliphatic carbocycles. The molecule has 158 valence electrons. The van der Waals surface area contributed by atoms with Crippen LogP contribution in [0.1, 0.15) is 9.75 Å². The Bertz CT molecular complexity index is 1240. The zero-order valence-electron chi connectivity index (χ0n) is 17.8. The third-order valence-electron chi connectivity index (χ3n) is 5.05. The summed E-state index contributed by atoms with van der Waals surface area (Å²) in [6.45, 7) is 4.22. The van der Waals surface area contributed by atoms with E-state index < -0.39 is 0 Å². The number of nitrogens with zero attached hydrogens (tertiary/aromatic N) is 2. The van der Waals surface area contributed by atoms with E-state index in [4.69, 9.17) is 9.97 Å². The highest BCUT2D eigenvalue weighted by atomic mass is 32.1. The van der Waals surface area contributed by atoms with Crippen LogP contribution in [-0.4, -0.2) is 9.97 Å². The number of anilines is 4. The fraction of sp³-hybridized carbons (Fsp3) is 0.0769. The molecule has 0 unspecified atom stereocenters. The van der Waals surface area contributed by atoms with Crippen LogP contribution in [0.5, 0.6) is 0 Å². The van der Waals surface area contributed by atoms with Gasteiger partial charge < -0.3 is 10.6 Å². The van der Waals surface area contributed by atoms with E-state index >= 15 is 0 Å². The molecule has 0 saturated heterocycles. The summed E-state index contributed by atoms with van der Waals surface area (Å²) < 4.78 is 0. The van der Waals surface area contributed by atoms with E-state index in [2.05, 4.69) is 54.8 Å². The molecule has 0 atom stereocenters. The summed E-state index contributed by atoms with van der Waals surface area (Å²) in [5, 5.41) is 8.68. The van der Waals surface area contributed by atoms with E-state index in [0.29, 0.717) is 0 Å². The van der Waals surface area contributed by atoms with Crippen molar-refractivity contribution >= 4 is 44.3 Å². The zero-order chi connectivity index (χ0) is 21.9. The molecule has 6 heteroatoms. The molecule has 0 saturated carbocycles. The van der Waals surface area contributed by atoms with Gasteiger partial charge >= 0.3 is 0 Å². The predicted molar refractivity (Wildman–Crippen MR) is 138 cm³/mol. The van der Waals surface area contributed by atoms with Gasteiger partial charge in [-0.2, -0.15) is 0 Å². The van der Waals surface area contributed by atoms with Gasteiger partial charge in [-0.3, -0.25) is 0 Å². The summed E-state index contributed by atoms with van der Waals surface area (Å²) in [4.78, 5) is 12.0. The second-order valence-electron chi connectivity index (χ2n) is 7.41. The molecular weight excluding hydrogens is 432 g/mol. The lowest BCUT2D eigenvalue weighted by Gasteiger charge is -2.07. The number of rotatable bonds is 6. The van der Waals surface area contributed by atoms with Crippen LogP contribution in [0.2, 0.25) is 0 Å². The standard InChI is InChI=1S/C26H22N4S2/c1-17-23(19-10-5-3-6-11-19)29-25(31-17)27-21-14-9-15-22(16-21)28-26-30-24(18(2)32-26)20-12-7-4-8-13-20/h3-16H,1-2H3,(H,27,29)(H,28,30). The highest BCUT2D eigenvalue weighted by Gasteiger charge is 2.12. The van der Waals surface area contributed by atoms with Crippen molar-refractivity contribution in [3.8, 4) is 22.5 Å². The lowest BCUT2D eigenvalue weighted by molar-refractivity contribution is 1.35. The van der Waals surface area contributed by atoms with Crippen LogP contribution in [-0.2, 0) is 0 Å². The first kappa shape index (κ1) is 20.4. The Hall–Kier alpha value is -3.48. The molecule has 2 N–H and O–H groups in total. The first-order valence-corrected chi connectivity index (χ1v) is 12.0. The zero-order valence-corrected chi connectivity index (χ0v) is 19.4. The third-order valence-corrected chi connectivity index (χ3v) is 6.83. The van der Waals surface area contributed by atoms with Crippen molar-refractivity contribution in [3.05, 3.63) is 94.7 Å². The molecule has 3 aromatic carbocycles. The number of nitrogens with one attached hydrogen (secondary N) is 2. The summed E-state index contributed by atoms with van der Waals surface area (Å²) in [5.74, 6) is 0. The molecule has 2 aromatic heterocycles. The van der Waals surface area contributed by atoms with Gasteiger partial charge in [0, 0.05) is 32.3 Å². The van der Waals surface area contributed by atoms with Crippen LogP contribution in [0, 0.1) is 13.8 Å². The molecule has 32 heavy (non-hydrogen) atoms. The Morgan fingerprint density at radius 1 is 0.562 bits per heavy atom. The maximum Gasteiger partial charge on any atom is 0.187 e. The molecular formula is C26H22N4S2. The Balaban J connectivity index is 1.34. The van der Waals surface area contributed by atoms with Crippen LogP contribution in [0.15, 0.2) is 84.9 Å². The quantitative estimate of drug-likeness (QED) is 0.273. The van der Waals surface area contributed by atoms with Crippen LogP contribution < -0.4 is 10.6 Å². The van der Waals surface area contributed by atoms with Gasteiger partial charge in [0.1, 0.15) is 0 Å². The highest BCUT2D eigenvalue weighted by Crippen LogP contribution is 2.34. The molecule has 0 aliphatic heterocycles. The monoisotopic (exact) mass is 454 g/mol. The van der Waals surface area contributed by atoms with Crippen molar-refractivity contribution in [2.75, 3.05) is 10.6 Å². The van der Waals surface area contributed by atoms with Gasteiger partial charge in [-0.15, -0.1) is 22.7 Å². The molecule has 4 nitrogen and oxygen atoms in total. The molecule has 0 spiro atoms. The minimum atomic E-state index is 0.884. The number of aromatic nitrogens is 2. The lowest BCUT2D eigenvalue weighted by Crippen LogP contribution is -1.93. The molecule has 0 radical (unpaired) electrons. The Kier molecular flexibility index (Phi) is 5.71. The minimum absolute atomic E-state index is 0.884. The predicted octanol–water partition coefficient (Wildman–Crippen LogP) is 8.04. The van der Waals surface area contributed by atoms with Gasteiger partial charge in [-0.05, 0) is 32.0 Å². The van der Waals surface area contributed by atoms with Gasteiger partial charge in [0.05, 0.1) is 11.4 Å². The van der Waals surface area contributed by atoms with Crippen molar-refractivity contribution in [1.29, 1.82) is 0 Å². The van der Waals surface area contributed by atoms with E-state index in [1.165, 1.54) is 9.75 Å². The average Bonchev–Trinajstić information content (AvgIpc) is 3.36. The van der Waals surface area contributed by atoms with E-state index in [9.17, 15) is 0 Å². The molecule has 0 bridgehead atoms. The maximum absolute atomic E-state index is 4.81. The van der Waals surface area contributed by atoms with Gasteiger partial charge in [-0.25, -0.2) is 9.97 Å². The van der Waals surface area contributed by atoms with E-state index in [1.807, 2.05) is 54.6 Å². The molecule has 2 heterocycles. The second kappa shape index (κ2) is 8.94. The van der Waals surface area contributed by atoms with Crippen molar-refractivity contribution in [2.24, 2.45) is 0 Å². The number of benzene rings is 3. The van der Waals surface area contributed by atoms with E-state index in [-0.39, 0.29) is 0 Å². The SMILES string of the molecule is Cc1sc(Nc2cccc(Nc3nc(-c4ccccc4)c(C)s3)c2)nc1-c1ccccc1. The largest absolute Gasteiger partial charge is 0.331 e. The molecule has 5 rings (SSSR count). The van der Waals surface area contributed by atoms with Crippen molar-refractivity contribution in [1.82, 2.24) is 9.97 Å². The number of hydrogen-bond donors (Lipinski definition) is 2. The minimum Gasteiger partial charge on any atom is -0.331 e. The van der Waals surface area contributed by atoms with Crippen LogP contribution in [0.3, 0.4) is 0 Å². The van der Waals surface area contributed by atoms with Gasteiger partial charge in [-0.1, -0.05) is 66.7 Å². The number of hydrogen-bond acceptors (Lipinski definition) is 6. The van der Waals surface area contributed by atoms with Crippen LogP contribution >= 0.6 is 22.7 Å². The van der Waals surface area contributed by atoms with E-state index in [0.717, 1.165) is 44.2 Å². The lowest BCUT2D eigenvalue weighted by atomic mass is 10.1. The van der Waals surface area contributed by atoms with Crippen LogP contribution in [0.25, 0.3) is 22.5 Å².